The highest BCUT2D eigenvalue weighted by Gasteiger charge is 2.16. The maximum atomic E-state index is 11.6. The van der Waals surface area contributed by atoms with E-state index in [9.17, 15) is 13.2 Å². The molecule has 7 heteroatoms. The summed E-state index contributed by atoms with van der Waals surface area (Å²) in [5.41, 5.74) is 0.503. The van der Waals surface area contributed by atoms with Crippen LogP contribution in [0.25, 0.3) is 0 Å². The molecule has 0 fully saturated rings. The lowest BCUT2D eigenvalue weighted by Crippen LogP contribution is -2.25. The first kappa shape index (κ1) is 15.5. The lowest BCUT2D eigenvalue weighted by molar-refractivity contribution is -0.113. The van der Waals surface area contributed by atoms with Gasteiger partial charge in [-0.2, -0.15) is 0 Å². The summed E-state index contributed by atoms with van der Waals surface area (Å²) in [7, 11) is -1.94. The average molecular weight is 287 g/mol. The molecule has 19 heavy (non-hydrogen) atoms. The quantitative estimate of drug-likeness (QED) is 0.758. The first-order valence-electron chi connectivity index (χ1n) is 5.72. The Labute approximate surface area is 112 Å². The summed E-state index contributed by atoms with van der Waals surface area (Å²) in [6.07, 6.45) is 0.137. The molecular formula is C12H17NO5S. The lowest BCUT2D eigenvalue weighted by atomic mass is 10.3. The molecule has 0 unspecified atom stereocenters. The minimum absolute atomic E-state index is 0.137. The summed E-state index contributed by atoms with van der Waals surface area (Å²) < 4.78 is 28.0. The number of anilines is 1. The summed E-state index contributed by atoms with van der Waals surface area (Å²) in [4.78, 5) is 11.6. The molecule has 0 aliphatic rings. The Morgan fingerprint density at radius 1 is 1.32 bits per heavy atom. The molecule has 1 amide bonds. The first-order chi connectivity index (χ1) is 8.96. The van der Waals surface area contributed by atoms with Gasteiger partial charge in [-0.15, -0.1) is 0 Å². The molecule has 0 saturated carbocycles. The van der Waals surface area contributed by atoms with Gasteiger partial charge in [-0.25, -0.2) is 8.42 Å². The van der Waals surface area contributed by atoms with Gasteiger partial charge in [0.05, 0.1) is 12.9 Å². The van der Waals surface area contributed by atoms with E-state index in [0.717, 1.165) is 0 Å². The Morgan fingerprint density at radius 3 is 2.47 bits per heavy atom. The topological polar surface area (TPSA) is 92.7 Å². The van der Waals surface area contributed by atoms with Gasteiger partial charge in [0.1, 0.15) is 11.5 Å². The number of methoxy groups -OCH3 is 1. The first-order valence-corrected chi connectivity index (χ1v) is 7.54. The van der Waals surface area contributed by atoms with Crippen LogP contribution in [0.5, 0.6) is 5.75 Å². The molecule has 0 spiro atoms. The average Bonchev–Trinajstić information content (AvgIpc) is 2.36. The van der Waals surface area contributed by atoms with Gasteiger partial charge in [0.2, 0.25) is 5.91 Å². The van der Waals surface area contributed by atoms with Crippen molar-refractivity contribution in [1.29, 1.82) is 0 Å². The number of rotatable bonds is 7. The maximum absolute atomic E-state index is 11.6. The summed E-state index contributed by atoms with van der Waals surface area (Å²) in [5.74, 6) is -0.727. The van der Waals surface area contributed by atoms with E-state index < -0.39 is 21.5 Å². The van der Waals surface area contributed by atoms with Gasteiger partial charge < -0.3 is 15.2 Å². The van der Waals surface area contributed by atoms with Crippen molar-refractivity contribution in [3.63, 3.8) is 0 Å². The number of carbonyl (C=O) groups is 1. The summed E-state index contributed by atoms with van der Waals surface area (Å²) in [5, 5.41) is 11.1. The maximum Gasteiger partial charge on any atom is 0.239 e. The van der Waals surface area contributed by atoms with Crippen LogP contribution in [0.3, 0.4) is 0 Å². The molecule has 0 atom stereocenters. The predicted molar refractivity (Wildman–Crippen MR) is 72.0 cm³/mol. The Morgan fingerprint density at radius 2 is 1.95 bits per heavy atom. The number of hydrogen-bond acceptors (Lipinski definition) is 5. The minimum Gasteiger partial charge on any atom is -0.497 e. The summed E-state index contributed by atoms with van der Waals surface area (Å²) in [6.45, 7) is -0.209. The largest absolute Gasteiger partial charge is 0.497 e. The van der Waals surface area contributed by atoms with Crippen LogP contribution in [0.2, 0.25) is 0 Å². The van der Waals surface area contributed by atoms with Crippen LogP contribution in [0.4, 0.5) is 5.69 Å². The van der Waals surface area contributed by atoms with Gasteiger partial charge in [-0.3, -0.25) is 4.79 Å². The van der Waals surface area contributed by atoms with Crippen molar-refractivity contribution in [2.24, 2.45) is 0 Å². The molecule has 6 nitrogen and oxygen atoms in total. The van der Waals surface area contributed by atoms with E-state index in [1.165, 1.54) is 7.11 Å². The fourth-order valence-corrected chi connectivity index (χ4v) is 2.61. The molecule has 106 valence electrons. The van der Waals surface area contributed by atoms with Crippen molar-refractivity contribution in [2.45, 2.75) is 6.42 Å². The minimum atomic E-state index is -3.47. The molecule has 0 aliphatic carbocycles. The zero-order chi connectivity index (χ0) is 14.3. The third kappa shape index (κ3) is 5.71. The van der Waals surface area contributed by atoms with Crippen LogP contribution in [0, 0.1) is 0 Å². The van der Waals surface area contributed by atoms with Crippen LogP contribution in [0.15, 0.2) is 24.3 Å². The van der Waals surface area contributed by atoms with Crippen LogP contribution in [-0.2, 0) is 14.6 Å². The van der Waals surface area contributed by atoms with E-state index in [-0.39, 0.29) is 18.8 Å². The van der Waals surface area contributed by atoms with Crippen LogP contribution >= 0.6 is 0 Å². The molecule has 2 N–H and O–H groups in total. The van der Waals surface area contributed by atoms with Gasteiger partial charge in [0, 0.05) is 12.3 Å². The molecule has 1 aromatic rings. The van der Waals surface area contributed by atoms with Gasteiger partial charge >= 0.3 is 0 Å². The third-order valence-electron chi connectivity index (χ3n) is 2.34. The highest BCUT2D eigenvalue weighted by Crippen LogP contribution is 2.14. The monoisotopic (exact) mass is 287 g/mol. The molecule has 1 rings (SSSR count). The third-order valence-corrected chi connectivity index (χ3v) is 3.95. The van der Waals surface area contributed by atoms with Crippen molar-refractivity contribution in [3.05, 3.63) is 24.3 Å². The number of nitrogens with one attached hydrogen (secondary N) is 1. The fraction of sp³-hybridized carbons (Fsp3) is 0.417. The van der Waals surface area contributed by atoms with Gasteiger partial charge in [-0.05, 0) is 30.7 Å². The van der Waals surface area contributed by atoms with Gasteiger partial charge in [-0.1, -0.05) is 0 Å². The molecule has 1 aromatic carbocycles. The molecule has 0 saturated heterocycles. The highest BCUT2D eigenvalue weighted by molar-refractivity contribution is 7.92. The van der Waals surface area contributed by atoms with E-state index in [1.807, 2.05) is 0 Å². The molecule has 0 radical (unpaired) electrons. The molecule has 0 aliphatic heterocycles. The zero-order valence-corrected chi connectivity index (χ0v) is 11.4. The number of benzene rings is 1. The second-order valence-corrected chi connectivity index (χ2v) is 6.13. The Balaban J connectivity index is 2.54. The van der Waals surface area contributed by atoms with Crippen molar-refractivity contribution in [1.82, 2.24) is 0 Å². The molecule has 0 heterocycles. The Bertz CT molecular complexity index is 509. The summed E-state index contributed by atoms with van der Waals surface area (Å²) in [6, 6.07) is 6.57. The number of amides is 1. The van der Waals surface area contributed by atoms with Gasteiger partial charge in [0.25, 0.3) is 0 Å². The van der Waals surface area contributed by atoms with E-state index in [2.05, 4.69) is 5.32 Å². The van der Waals surface area contributed by atoms with Crippen molar-refractivity contribution < 1.29 is 23.1 Å². The van der Waals surface area contributed by atoms with Crippen molar-refractivity contribution in [3.8, 4) is 5.75 Å². The second-order valence-electron chi connectivity index (χ2n) is 3.95. The Hall–Kier alpha value is -1.60. The van der Waals surface area contributed by atoms with Gasteiger partial charge in [0.15, 0.2) is 9.84 Å². The number of sulfone groups is 1. The van der Waals surface area contributed by atoms with E-state index >= 15 is 0 Å². The zero-order valence-electron chi connectivity index (χ0n) is 10.6. The van der Waals surface area contributed by atoms with E-state index in [4.69, 9.17) is 9.84 Å². The molecule has 0 bridgehead atoms. The SMILES string of the molecule is COc1ccc(NC(=O)CS(=O)(=O)CCCO)cc1. The lowest BCUT2D eigenvalue weighted by Gasteiger charge is -2.06. The number of hydrogen-bond donors (Lipinski definition) is 2. The Kier molecular flexibility index (Phi) is 5.78. The number of carbonyl (C=O) groups excluding carboxylic acids is 1. The predicted octanol–water partition coefficient (Wildman–Crippen LogP) is 0.431. The summed E-state index contributed by atoms with van der Waals surface area (Å²) >= 11 is 0. The van der Waals surface area contributed by atoms with Crippen LogP contribution in [0.1, 0.15) is 6.42 Å². The van der Waals surface area contributed by atoms with E-state index in [1.54, 1.807) is 24.3 Å². The second kappa shape index (κ2) is 7.10. The van der Waals surface area contributed by atoms with Crippen molar-refractivity contribution >= 4 is 21.4 Å². The highest BCUT2D eigenvalue weighted by atomic mass is 32.2. The molecular weight excluding hydrogens is 270 g/mol. The fourth-order valence-electron chi connectivity index (χ4n) is 1.43. The van der Waals surface area contributed by atoms with Crippen LogP contribution < -0.4 is 10.1 Å². The van der Waals surface area contributed by atoms with Crippen LogP contribution in [-0.4, -0.2) is 44.7 Å². The molecule has 0 aromatic heterocycles. The van der Waals surface area contributed by atoms with Crippen molar-refractivity contribution in [2.75, 3.05) is 30.5 Å². The normalized spacial score (nSPS) is 11.1. The smallest absolute Gasteiger partial charge is 0.239 e. The van der Waals surface area contributed by atoms with E-state index in [0.29, 0.717) is 11.4 Å². The number of aliphatic hydroxyl groups excluding tert-OH is 1. The number of ether oxygens (including phenoxy) is 1. The standard InChI is InChI=1S/C12H17NO5S/c1-18-11-5-3-10(4-6-11)13-12(15)9-19(16,17)8-2-7-14/h3-6,14H,2,7-9H2,1H3,(H,13,15). The number of aliphatic hydroxyl groups is 1.